The van der Waals surface area contributed by atoms with Gasteiger partial charge < -0.3 is 9.72 Å². The van der Waals surface area contributed by atoms with Gasteiger partial charge in [0.05, 0.1) is 13.2 Å². The lowest BCUT2D eigenvalue weighted by Gasteiger charge is -2.04. The summed E-state index contributed by atoms with van der Waals surface area (Å²) >= 11 is 1.62. The van der Waals surface area contributed by atoms with E-state index in [0.29, 0.717) is 25.3 Å². The number of amidine groups is 1. The monoisotopic (exact) mass is 396 g/mol. The number of hydrogen-bond donors (Lipinski definition) is 3. The molecule has 0 radical (unpaired) electrons. The third kappa shape index (κ3) is 4.75. The van der Waals surface area contributed by atoms with Crippen molar-refractivity contribution in [3.8, 4) is 0 Å². The van der Waals surface area contributed by atoms with Crippen LogP contribution in [-0.4, -0.2) is 35.5 Å². The first kappa shape index (κ1) is 20.0. The number of aryl methyl sites for hydroxylation is 1. The van der Waals surface area contributed by atoms with Crippen LogP contribution in [0.4, 0.5) is 5.69 Å². The van der Waals surface area contributed by atoms with Crippen LogP contribution in [0.5, 0.6) is 0 Å². The first-order valence-corrected chi connectivity index (χ1v) is 10.6. The lowest BCUT2D eigenvalue weighted by molar-refractivity contribution is -0.453. The molecule has 6 heteroatoms. The average molecular weight is 397 g/mol. The van der Waals surface area contributed by atoms with Gasteiger partial charge in [0.15, 0.2) is 0 Å². The second kappa shape index (κ2) is 9.46. The highest BCUT2D eigenvalue weighted by atomic mass is 32.2. The van der Waals surface area contributed by atoms with Crippen LogP contribution < -0.4 is 10.3 Å². The van der Waals surface area contributed by atoms with Crippen LogP contribution >= 0.6 is 11.8 Å². The zero-order chi connectivity index (χ0) is 19.9. The number of esters is 1. The molecule has 0 fully saturated rings. The minimum absolute atomic E-state index is 0.303. The number of fused-ring (bicyclic) bond motifs is 1. The zero-order valence-electron chi connectivity index (χ0n) is 16.5. The van der Waals surface area contributed by atoms with E-state index in [4.69, 9.17) is 4.74 Å². The van der Waals surface area contributed by atoms with E-state index in [2.05, 4.69) is 28.3 Å². The number of carbonyl (C=O) groups is 1. The molecule has 0 saturated heterocycles. The van der Waals surface area contributed by atoms with Crippen LogP contribution in [-0.2, 0) is 11.2 Å². The lowest BCUT2D eigenvalue weighted by Crippen LogP contribution is -2.74. The highest BCUT2D eigenvalue weighted by Gasteiger charge is 2.19. The number of nitrogens with one attached hydrogen (secondary N) is 3. The van der Waals surface area contributed by atoms with Gasteiger partial charge in [-0.05, 0) is 61.7 Å². The molecule has 0 amide bonds. The van der Waals surface area contributed by atoms with Crippen molar-refractivity contribution >= 4 is 39.5 Å². The third-order valence-electron chi connectivity index (χ3n) is 4.44. The molecule has 0 bridgehead atoms. The van der Waals surface area contributed by atoms with Crippen LogP contribution in [0.15, 0.2) is 48.5 Å². The Morgan fingerprint density at radius 2 is 2.00 bits per heavy atom. The van der Waals surface area contributed by atoms with Crippen molar-refractivity contribution in [1.29, 1.82) is 0 Å². The van der Waals surface area contributed by atoms with Crippen molar-refractivity contribution in [3.63, 3.8) is 0 Å². The normalized spacial score (nSPS) is 11.6. The van der Waals surface area contributed by atoms with Crippen LogP contribution in [0.3, 0.4) is 0 Å². The smallest absolute Gasteiger partial charge is 0.355 e. The molecule has 2 aromatic carbocycles. The molecule has 28 heavy (non-hydrogen) atoms. The molecule has 3 N–H and O–H groups in total. The van der Waals surface area contributed by atoms with Crippen LogP contribution in [0, 0.1) is 6.92 Å². The topological polar surface area (TPSA) is 68.1 Å². The summed E-state index contributed by atoms with van der Waals surface area (Å²) in [6, 6.07) is 16.2. The van der Waals surface area contributed by atoms with Crippen molar-refractivity contribution < 1.29 is 14.5 Å². The van der Waals surface area contributed by atoms with Gasteiger partial charge >= 0.3 is 11.1 Å². The molecule has 0 spiro atoms. The quantitative estimate of drug-likeness (QED) is 0.340. The van der Waals surface area contributed by atoms with E-state index in [0.717, 1.165) is 27.3 Å². The molecule has 0 aliphatic rings. The minimum atomic E-state index is -0.303. The van der Waals surface area contributed by atoms with E-state index >= 15 is 0 Å². The number of anilines is 1. The average Bonchev–Trinajstić information content (AvgIpc) is 3.06. The van der Waals surface area contributed by atoms with Crippen molar-refractivity contribution in [2.75, 3.05) is 24.7 Å². The maximum Gasteiger partial charge on any atom is 0.355 e. The number of benzene rings is 2. The van der Waals surface area contributed by atoms with E-state index in [1.807, 2.05) is 55.6 Å². The van der Waals surface area contributed by atoms with Crippen molar-refractivity contribution in [2.45, 2.75) is 20.3 Å². The molecule has 0 aliphatic carbocycles. The number of H-pyrrole nitrogens is 1. The van der Waals surface area contributed by atoms with Gasteiger partial charge in [-0.1, -0.05) is 29.8 Å². The van der Waals surface area contributed by atoms with Gasteiger partial charge in [-0.25, -0.2) is 10.1 Å². The number of rotatable bonds is 6. The maximum atomic E-state index is 12.4. The fraction of sp³-hybridized carbons (Fsp3) is 0.273. The summed E-state index contributed by atoms with van der Waals surface area (Å²) in [5.74, 6) is -0.303. The molecule has 0 saturated carbocycles. The van der Waals surface area contributed by atoms with E-state index < -0.39 is 0 Å². The number of aromatic amines is 1. The highest BCUT2D eigenvalue weighted by molar-refractivity contribution is 8.13. The molecule has 0 aliphatic heterocycles. The second-order valence-corrected chi connectivity index (χ2v) is 7.27. The van der Waals surface area contributed by atoms with Crippen LogP contribution in [0.2, 0.25) is 0 Å². The largest absolute Gasteiger partial charge is 0.461 e. The van der Waals surface area contributed by atoms with Crippen LogP contribution in [0.1, 0.15) is 28.5 Å². The summed E-state index contributed by atoms with van der Waals surface area (Å²) in [5.41, 5.74) is 4.70. The van der Waals surface area contributed by atoms with Crippen LogP contribution in [0.25, 0.3) is 10.9 Å². The number of carbonyl (C=O) groups excluding carboxylic acids is 1. The van der Waals surface area contributed by atoms with Gasteiger partial charge in [0, 0.05) is 17.3 Å². The van der Waals surface area contributed by atoms with Crippen molar-refractivity contribution in [3.05, 3.63) is 65.4 Å². The summed E-state index contributed by atoms with van der Waals surface area (Å²) in [7, 11) is 0. The number of hydrogen-bond acceptors (Lipinski definition) is 3. The first-order valence-electron chi connectivity index (χ1n) is 9.37. The molecule has 3 aromatic rings. The van der Waals surface area contributed by atoms with Gasteiger partial charge in [-0.3, -0.25) is 4.99 Å². The highest BCUT2D eigenvalue weighted by Crippen LogP contribution is 2.24. The van der Waals surface area contributed by atoms with E-state index in [9.17, 15) is 4.79 Å². The third-order valence-corrected chi connectivity index (χ3v) is 5.09. The van der Waals surface area contributed by atoms with Gasteiger partial charge in [-0.15, -0.1) is 0 Å². The van der Waals surface area contributed by atoms with E-state index in [1.165, 1.54) is 5.56 Å². The Hall–Kier alpha value is -2.73. The van der Waals surface area contributed by atoms with Gasteiger partial charge in [0.25, 0.3) is 0 Å². The number of thioether (sulfide) groups is 1. The van der Waals surface area contributed by atoms with Crippen molar-refractivity contribution in [1.82, 2.24) is 4.98 Å². The Balaban J connectivity index is 1.83. The molecule has 0 atom stereocenters. The number of ether oxygens (including phenoxy) is 1. The second-order valence-electron chi connectivity index (χ2n) is 6.45. The SMILES string of the molecule is CCOC(=O)c1[nH]c2ccc(C)cc2c1CC[NH+]=C(Nc1ccccc1)SC. The number of para-hydroxylation sites is 1. The molecule has 1 aromatic heterocycles. The molecular weight excluding hydrogens is 370 g/mol. The summed E-state index contributed by atoms with van der Waals surface area (Å²) < 4.78 is 5.24. The molecule has 146 valence electrons. The summed E-state index contributed by atoms with van der Waals surface area (Å²) in [4.78, 5) is 19.1. The molecule has 0 unspecified atom stereocenters. The fourth-order valence-electron chi connectivity index (χ4n) is 3.12. The molecule has 1 heterocycles. The predicted octanol–water partition coefficient (Wildman–Crippen LogP) is 3.11. The summed E-state index contributed by atoms with van der Waals surface area (Å²) in [5, 5.41) is 5.43. The lowest BCUT2D eigenvalue weighted by atomic mass is 10.1. The molecule has 3 rings (SSSR count). The van der Waals surface area contributed by atoms with Gasteiger partial charge in [-0.2, -0.15) is 0 Å². The standard InChI is InChI=1S/C22H25N3O2S/c1-4-27-21(26)20-17(18-14-15(2)10-11-19(18)25-20)12-13-23-22(28-3)24-16-8-6-5-7-9-16/h5-11,14,25H,4,12-13H2,1-3H3,(H,23,24)/p+1. The van der Waals surface area contributed by atoms with E-state index in [-0.39, 0.29) is 5.97 Å². The summed E-state index contributed by atoms with van der Waals surface area (Å²) in [6.45, 7) is 4.93. The maximum absolute atomic E-state index is 12.4. The fourth-order valence-corrected chi connectivity index (χ4v) is 3.59. The van der Waals surface area contributed by atoms with Crippen molar-refractivity contribution in [2.24, 2.45) is 0 Å². The molecule has 5 nitrogen and oxygen atoms in total. The van der Waals surface area contributed by atoms with Gasteiger partial charge in [0.2, 0.25) is 0 Å². The zero-order valence-corrected chi connectivity index (χ0v) is 17.3. The predicted molar refractivity (Wildman–Crippen MR) is 117 cm³/mol. The Kier molecular flexibility index (Phi) is 6.76. The Labute approximate surface area is 169 Å². The Morgan fingerprint density at radius 3 is 2.71 bits per heavy atom. The Morgan fingerprint density at radius 1 is 1.21 bits per heavy atom. The molecular formula is C22H26N3O2S+. The van der Waals surface area contributed by atoms with E-state index in [1.54, 1.807) is 11.8 Å². The Bertz CT molecular complexity index is 980. The summed E-state index contributed by atoms with van der Waals surface area (Å²) in [6.07, 6.45) is 2.73. The number of aromatic nitrogens is 1. The minimum Gasteiger partial charge on any atom is -0.461 e. The first-order chi connectivity index (χ1) is 13.6. The van der Waals surface area contributed by atoms with Gasteiger partial charge in [0.1, 0.15) is 11.4 Å².